The van der Waals surface area contributed by atoms with Crippen molar-refractivity contribution >= 4 is 46.2 Å². The fourth-order valence-electron chi connectivity index (χ4n) is 7.40. The van der Waals surface area contributed by atoms with Crippen LogP contribution in [0.15, 0.2) is 143 Å². The number of furan rings is 2. The van der Waals surface area contributed by atoms with E-state index < -0.39 is 24.4 Å². The molecule has 0 aliphatic heterocycles. The first-order chi connectivity index (χ1) is 22.7. The van der Waals surface area contributed by atoms with Crippen molar-refractivity contribution in [3.05, 3.63) is 168 Å². The standard InChI is InChI=1S/C40H31O2Si.2ClH.Zr/c1-3-11-27(12-4-1)29-15-7-17-31-33(29)23-35(39-19-9-21-41-39)37(31)25-43-26-38-32-18-8-16-30(28-13-5-2-6-14-28)34(32)24-36(38)40-20-10-22-42-40;;;/h1-24,37-38,43H,25-26H2;2*1H;/q;;;+2/p-2. The molecule has 0 radical (unpaired) electrons. The molecule has 6 aromatic rings. The van der Waals surface area contributed by atoms with E-state index >= 15 is 0 Å². The van der Waals surface area contributed by atoms with Gasteiger partial charge in [-0.2, -0.15) is 0 Å². The van der Waals surface area contributed by atoms with E-state index in [1.807, 2.05) is 12.1 Å². The zero-order chi connectivity index (χ0) is 31.0. The van der Waals surface area contributed by atoms with E-state index in [-0.39, 0.29) is 11.8 Å². The number of hydrogen-bond acceptors (Lipinski definition) is 2. The van der Waals surface area contributed by atoms with E-state index in [0.29, 0.717) is 0 Å². The third kappa shape index (κ3) is 5.60. The number of rotatable bonds is 9. The van der Waals surface area contributed by atoms with Crippen molar-refractivity contribution in [1.82, 2.24) is 0 Å². The van der Waals surface area contributed by atoms with Crippen LogP contribution in [0.5, 0.6) is 0 Å². The zero-order valence-corrected chi connectivity index (χ0v) is 30.2. The van der Waals surface area contributed by atoms with Gasteiger partial charge in [-0.25, -0.2) is 0 Å². The number of allylic oxidation sites excluding steroid dienone is 2. The molecule has 2 heterocycles. The van der Waals surface area contributed by atoms with Gasteiger partial charge in [-0.3, -0.25) is 0 Å². The molecule has 2 aliphatic carbocycles. The first kappa shape index (κ1) is 30.0. The Bertz CT molecular complexity index is 1890. The van der Waals surface area contributed by atoms with Crippen LogP contribution in [0.25, 0.3) is 45.6 Å². The second-order valence-corrected chi connectivity index (χ2v) is 35.6. The van der Waals surface area contributed by atoms with E-state index in [0.717, 1.165) is 23.6 Å². The Labute approximate surface area is 285 Å². The molecule has 225 valence electrons. The Balaban J connectivity index is 1.18. The Morgan fingerprint density at radius 1 is 0.522 bits per heavy atom. The molecule has 2 aliphatic rings. The van der Waals surface area contributed by atoms with E-state index in [2.05, 4.69) is 121 Å². The minimum absolute atomic E-state index is 0.196. The van der Waals surface area contributed by atoms with Crippen molar-refractivity contribution in [2.75, 3.05) is 0 Å². The summed E-state index contributed by atoms with van der Waals surface area (Å²) in [6.07, 6.45) is 8.24. The third-order valence-corrected chi connectivity index (χ3v) is 31.2. The minimum atomic E-state index is -2.68. The van der Waals surface area contributed by atoms with Gasteiger partial charge < -0.3 is 0 Å². The normalized spacial score (nSPS) is 17.3. The van der Waals surface area contributed by atoms with Gasteiger partial charge in [0.2, 0.25) is 0 Å². The molecule has 0 saturated heterocycles. The summed E-state index contributed by atoms with van der Waals surface area (Å²) in [6, 6.07) is 44.9. The van der Waals surface area contributed by atoms with Gasteiger partial charge in [-0.05, 0) is 0 Å². The van der Waals surface area contributed by atoms with Gasteiger partial charge in [-0.1, -0.05) is 0 Å². The van der Waals surface area contributed by atoms with Gasteiger partial charge in [0.05, 0.1) is 0 Å². The third-order valence-electron chi connectivity index (χ3n) is 9.51. The quantitative estimate of drug-likeness (QED) is 0.138. The molecule has 0 saturated carbocycles. The summed E-state index contributed by atoms with van der Waals surface area (Å²) in [4.78, 5) is 0. The van der Waals surface area contributed by atoms with Crippen LogP contribution in [0.4, 0.5) is 0 Å². The number of hydrogen-bond donors (Lipinski definition) is 0. The number of fused-ring (bicyclic) bond motifs is 2. The fourth-order valence-corrected chi connectivity index (χ4v) is 22.5. The molecular formula is C40H31Cl2O2SiZr. The van der Waals surface area contributed by atoms with Crippen LogP contribution in [0.2, 0.25) is 12.1 Å². The molecule has 4 aromatic carbocycles. The molecule has 2 unspecified atom stereocenters. The maximum atomic E-state index is 7.19. The van der Waals surface area contributed by atoms with Gasteiger partial charge in [0.1, 0.15) is 0 Å². The molecule has 0 fully saturated rings. The summed E-state index contributed by atoms with van der Waals surface area (Å²) in [5.74, 6) is 0.615. The molecule has 8 rings (SSSR count). The summed E-state index contributed by atoms with van der Waals surface area (Å²) < 4.78 is 12.1. The van der Waals surface area contributed by atoms with Crippen LogP contribution in [0.3, 0.4) is 0 Å². The summed E-state index contributed by atoms with van der Waals surface area (Å²) in [7, 11) is 14.4. The van der Waals surface area contributed by atoms with Crippen LogP contribution >= 0.6 is 17.0 Å². The molecular weight excluding hydrogens is 703 g/mol. The summed E-state index contributed by atoms with van der Waals surface area (Å²) in [5.41, 5.74) is 12.7. The second kappa shape index (κ2) is 13.0. The van der Waals surface area contributed by atoms with Crippen molar-refractivity contribution in [3.63, 3.8) is 0 Å². The van der Waals surface area contributed by atoms with Crippen LogP contribution in [-0.2, 0) is 18.5 Å². The molecule has 0 amide bonds. The average molecular weight is 734 g/mol. The Kier molecular flexibility index (Phi) is 8.48. The molecule has 0 spiro atoms. The molecule has 46 heavy (non-hydrogen) atoms. The van der Waals surface area contributed by atoms with Crippen LogP contribution in [0, 0.1) is 0 Å². The predicted molar refractivity (Wildman–Crippen MR) is 191 cm³/mol. The zero-order valence-electron chi connectivity index (χ0n) is 25.1. The molecule has 2 atom stereocenters. The Hall–Kier alpha value is -3.40. The first-order valence-corrected chi connectivity index (χ1v) is 28.5. The van der Waals surface area contributed by atoms with Gasteiger partial charge in [0, 0.05) is 0 Å². The predicted octanol–water partition coefficient (Wildman–Crippen LogP) is 11.8. The number of benzene rings is 4. The average Bonchev–Trinajstić information content (AvgIpc) is 3.92. The maximum absolute atomic E-state index is 7.19. The van der Waals surface area contributed by atoms with Crippen molar-refractivity contribution in [2.24, 2.45) is 0 Å². The van der Waals surface area contributed by atoms with Crippen LogP contribution in [-0.4, -0.2) is 5.92 Å². The van der Waals surface area contributed by atoms with Crippen molar-refractivity contribution in [1.29, 1.82) is 0 Å². The first-order valence-electron chi connectivity index (χ1n) is 15.7. The van der Waals surface area contributed by atoms with E-state index in [9.17, 15) is 0 Å². The SMILES string of the molecule is [Cl][Zr]([Cl])[SiH](CC1C(c2ccco2)=Cc2c(-c3ccccc3)cccc21)CC1C(c2ccco2)=Cc2c(-c3ccccc3)cccc21. The van der Waals surface area contributed by atoms with E-state index in [1.54, 1.807) is 12.5 Å². The van der Waals surface area contributed by atoms with E-state index in [1.165, 1.54) is 55.7 Å². The molecule has 0 bridgehead atoms. The molecule has 2 aromatic heterocycles. The summed E-state index contributed by atoms with van der Waals surface area (Å²) in [5, 5.41) is 0. The monoisotopic (exact) mass is 731 g/mol. The van der Waals surface area contributed by atoms with Crippen molar-refractivity contribution in [3.8, 4) is 22.3 Å². The van der Waals surface area contributed by atoms with Crippen molar-refractivity contribution < 1.29 is 27.4 Å². The topological polar surface area (TPSA) is 26.3 Å². The van der Waals surface area contributed by atoms with Crippen LogP contribution < -0.4 is 0 Å². The molecule has 6 heteroatoms. The Morgan fingerprint density at radius 2 is 0.978 bits per heavy atom. The second-order valence-electron chi connectivity index (χ2n) is 12.1. The summed E-state index contributed by atoms with van der Waals surface area (Å²) >= 11 is -2.68. The Morgan fingerprint density at radius 3 is 1.37 bits per heavy atom. The number of halogens is 2. The summed E-state index contributed by atoms with van der Waals surface area (Å²) in [6.45, 7) is 0. The van der Waals surface area contributed by atoms with Crippen molar-refractivity contribution in [2.45, 2.75) is 23.9 Å². The fraction of sp³-hybridized carbons (Fsp3) is 0.100. The van der Waals surface area contributed by atoms with Gasteiger partial charge in [0.25, 0.3) is 0 Å². The van der Waals surface area contributed by atoms with E-state index in [4.69, 9.17) is 25.9 Å². The van der Waals surface area contributed by atoms with Gasteiger partial charge >= 0.3 is 287 Å². The van der Waals surface area contributed by atoms with Crippen LogP contribution in [0.1, 0.15) is 45.6 Å². The van der Waals surface area contributed by atoms with Gasteiger partial charge in [0.15, 0.2) is 0 Å². The van der Waals surface area contributed by atoms with Gasteiger partial charge in [-0.15, -0.1) is 0 Å². The molecule has 2 nitrogen and oxygen atoms in total. The molecule has 0 N–H and O–H groups in total.